The van der Waals surface area contributed by atoms with Crippen molar-refractivity contribution in [2.24, 2.45) is 4.99 Å². The van der Waals surface area contributed by atoms with E-state index in [0.29, 0.717) is 25.6 Å². The number of aromatic nitrogens is 1. The molecule has 0 aliphatic carbocycles. The zero-order chi connectivity index (χ0) is 27.5. The molecule has 0 radical (unpaired) electrons. The second-order valence-corrected chi connectivity index (χ2v) is 9.90. The van der Waals surface area contributed by atoms with Gasteiger partial charge in [-0.05, 0) is 60.5 Å². The normalized spacial score (nSPS) is 14.9. The molecular weight excluding hydrogens is 540 g/mol. The Bertz CT molecular complexity index is 1760. The number of esters is 2. The number of carbonyl (C=O) groups excluding carboxylic acids is 2. The van der Waals surface area contributed by atoms with Gasteiger partial charge in [-0.3, -0.25) is 9.36 Å². The summed E-state index contributed by atoms with van der Waals surface area (Å²) in [5, 5.41) is 0.588. The van der Waals surface area contributed by atoms with Crippen molar-refractivity contribution in [2.75, 3.05) is 6.61 Å². The van der Waals surface area contributed by atoms with E-state index in [2.05, 4.69) is 11.6 Å². The van der Waals surface area contributed by atoms with Crippen LogP contribution < -0.4 is 19.6 Å². The molecule has 4 aromatic rings. The van der Waals surface area contributed by atoms with E-state index < -0.39 is 18.0 Å². The Hall–Kier alpha value is -4.47. The molecule has 0 fully saturated rings. The van der Waals surface area contributed by atoms with E-state index in [9.17, 15) is 14.4 Å². The van der Waals surface area contributed by atoms with Crippen molar-refractivity contribution < 1.29 is 23.5 Å². The summed E-state index contributed by atoms with van der Waals surface area (Å²) < 4.78 is 17.7. The van der Waals surface area contributed by atoms with Gasteiger partial charge in [0.1, 0.15) is 12.4 Å². The van der Waals surface area contributed by atoms with Crippen LogP contribution >= 0.6 is 22.9 Å². The van der Waals surface area contributed by atoms with Crippen molar-refractivity contribution in [1.29, 1.82) is 0 Å². The summed E-state index contributed by atoms with van der Waals surface area (Å²) in [6.45, 7) is 5.30. The first-order chi connectivity index (χ1) is 18.9. The van der Waals surface area contributed by atoms with E-state index in [4.69, 9.17) is 25.5 Å². The lowest BCUT2D eigenvalue weighted by Gasteiger charge is -2.24. The topological polar surface area (TPSA) is 100 Å². The number of nitrogens with zero attached hydrogens (tertiary/aromatic N) is 2. The summed E-state index contributed by atoms with van der Waals surface area (Å²) in [5.74, 6) is -0.918. The minimum Gasteiger partial charge on any atom is -0.458 e. The average molecular weight is 561 g/mol. The fourth-order valence-corrected chi connectivity index (χ4v) is 5.26. The SMILES string of the molecule is C=CCOC(=O)C1=C(C)N=c2s/c(=C\c3ccc(Cl)cc3)c(=O)n2[C@H]1c1ccc(OC(=O)c2ccco2)cc1. The number of fused-ring (bicyclic) bond motifs is 1. The third kappa shape index (κ3) is 5.41. The molecule has 1 aliphatic rings. The Labute approximate surface area is 231 Å². The van der Waals surface area contributed by atoms with E-state index >= 15 is 0 Å². The van der Waals surface area contributed by atoms with Gasteiger partial charge in [0.05, 0.1) is 28.1 Å². The van der Waals surface area contributed by atoms with Gasteiger partial charge in [0, 0.05) is 5.02 Å². The van der Waals surface area contributed by atoms with E-state index in [1.54, 1.807) is 55.5 Å². The van der Waals surface area contributed by atoms with Gasteiger partial charge in [0.15, 0.2) is 4.80 Å². The molecule has 8 nitrogen and oxygen atoms in total. The van der Waals surface area contributed by atoms with E-state index in [0.717, 1.165) is 5.56 Å². The Balaban J connectivity index is 1.58. The summed E-state index contributed by atoms with van der Waals surface area (Å²) in [4.78, 5) is 44.1. The van der Waals surface area contributed by atoms with Crippen LogP contribution in [0.1, 0.15) is 34.6 Å². The highest BCUT2D eigenvalue weighted by Crippen LogP contribution is 2.31. The molecule has 2 aromatic carbocycles. The van der Waals surface area contributed by atoms with Crippen molar-refractivity contribution in [1.82, 2.24) is 4.57 Å². The quantitative estimate of drug-likeness (QED) is 0.188. The van der Waals surface area contributed by atoms with Gasteiger partial charge >= 0.3 is 11.9 Å². The molecule has 0 saturated heterocycles. The van der Waals surface area contributed by atoms with Crippen LogP contribution in [0.4, 0.5) is 0 Å². The van der Waals surface area contributed by atoms with Crippen molar-refractivity contribution in [3.63, 3.8) is 0 Å². The molecule has 0 bridgehead atoms. The van der Waals surface area contributed by atoms with Crippen LogP contribution in [0.15, 0.2) is 105 Å². The summed E-state index contributed by atoms with van der Waals surface area (Å²) in [6, 6.07) is 15.9. The number of rotatable bonds is 7. The molecule has 10 heteroatoms. The molecule has 3 heterocycles. The number of ether oxygens (including phenoxy) is 2. The molecule has 0 saturated carbocycles. The highest BCUT2D eigenvalue weighted by Gasteiger charge is 2.33. The maximum Gasteiger partial charge on any atom is 0.379 e. The van der Waals surface area contributed by atoms with Crippen LogP contribution in [0.25, 0.3) is 6.08 Å². The van der Waals surface area contributed by atoms with Crippen LogP contribution in [-0.2, 0) is 9.53 Å². The average Bonchev–Trinajstić information content (AvgIpc) is 3.57. The number of thiazole rings is 1. The Kier molecular flexibility index (Phi) is 7.44. The summed E-state index contributed by atoms with van der Waals surface area (Å²) in [5.41, 5.74) is 1.75. The Morgan fingerprint density at radius 1 is 1.13 bits per heavy atom. The fourth-order valence-electron chi connectivity index (χ4n) is 4.09. The lowest BCUT2D eigenvalue weighted by atomic mass is 9.96. The lowest BCUT2D eigenvalue weighted by molar-refractivity contribution is -0.138. The minimum absolute atomic E-state index is 0.00495. The third-order valence-corrected chi connectivity index (χ3v) is 7.11. The molecule has 1 atom stereocenters. The standard InChI is InChI=1S/C29H21ClN2O6S/c1-3-14-37-28(35)24-17(2)31-29-32(26(33)23(39-29)16-18-6-10-20(30)11-7-18)25(24)19-8-12-21(13-9-19)38-27(34)22-5-4-15-36-22/h3-13,15-16,25H,1,14H2,2H3/b23-16-/t25-/m0/s1. The van der Waals surface area contributed by atoms with Gasteiger partial charge in [-0.1, -0.05) is 59.9 Å². The third-order valence-electron chi connectivity index (χ3n) is 5.87. The second-order valence-electron chi connectivity index (χ2n) is 8.46. The number of furan rings is 1. The van der Waals surface area contributed by atoms with Crippen LogP contribution in [0.2, 0.25) is 5.02 Å². The van der Waals surface area contributed by atoms with Crippen LogP contribution in [-0.4, -0.2) is 23.1 Å². The molecular formula is C29H21ClN2O6S. The predicted octanol–water partition coefficient (Wildman–Crippen LogP) is 4.43. The highest BCUT2D eigenvalue weighted by atomic mass is 35.5. The molecule has 2 aromatic heterocycles. The molecule has 0 spiro atoms. The fraction of sp³-hybridized carbons (Fsp3) is 0.103. The summed E-state index contributed by atoms with van der Waals surface area (Å²) in [7, 11) is 0. The van der Waals surface area contributed by atoms with Gasteiger partial charge < -0.3 is 13.9 Å². The van der Waals surface area contributed by atoms with Crippen LogP contribution in [0.3, 0.4) is 0 Å². The number of halogens is 1. The Morgan fingerprint density at radius 2 is 1.87 bits per heavy atom. The lowest BCUT2D eigenvalue weighted by Crippen LogP contribution is -2.39. The molecule has 5 rings (SSSR count). The first-order valence-corrected chi connectivity index (χ1v) is 13.0. The van der Waals surface area contributed by atoms with Crippen LogP contribution in [0.5, 0.6) is 5.75 Å². The Morgan fingerprint density at radius 3 is 2.54 bits per heavy atom. The number of hydrogen-bond acceptors (Lipinski definition) is 8. The zero-order valence-electron chi connectivity index (χ0n) is 20.6. The monoisotopic (exact) mass is 560 g/mol. The number of carbonyl (C=O) groups is 2. The molecule has 196 valence electrons. The first-order valence-electron chi connectivity index (χ1n) is 11.8. The van der Waals surface area contributed by atoms with Crippen molar-refractivity contribution in [3.8, 4) is 5.75 Å². The molecule has 0 amide bonds. The van der Waals surface area contributed by atoms with Crippen molar-refractivity contribution in [2.45, 2.75) is 13.0 Å². The minimum atomic E-state index is -0.819. The van der Waals surface area contributed by atoms with Gasteiger partial charge in [-0.15, -0.1) is 0 Å². The second kappa shape index (κ2) is 11.1. The van der Waals surface area contributed by atoms with Crippen molar-refractivity contribution in [3.05, 3.63) is 132 Å². The molecule has 1 aliphatic heterocycles. The largest absolute Gasteiger partial charge is 0.458 e. The number of hydrogen-bond donors (Lipinski definition) is 0. The smallest absolute Gasteiger partial charge is 0.379 e. The van der Waals surface area contributed by atoms with E-state index in [1.807, 2.05) is 12.1 Å². The highest BCUT2D eigenvalue weighted by molar-refractivity contribution is 7.07. The zero-order valence-corrected chi connectivity index (χ0v) is 22.2. The summed E-state index contributed by atoms with van der Waals surface area (Å²) >= 11 is 7.22. The van der Waals surface area contributed by atoms with Gasteiger partial charge in [-0.25, -0.2) is 14.6 Å². The maximum absolute atomic E-state index is 13.7. The molecule has 0 unspecified atom stereocenters. The van der Waals surface area contributed by atoms with Gasteiger partial charge in [0.2, 0.25) is 5.76 Å². The number of allylic oxidation sites excluding steroid dienone is 1. The number of benzene rings is 2. The van der Waals surface area contributed by atoms with E-state index in [1.165, 1.54) is 34.3 Å². The van der Waals surface area contributed by atoms with E-state index in [-0.39, 0.29) is 29.2 Å². The summed E-state index contributed by atoms with van der Waals surface area (Å²) in [6.07, 6.45) is 4.60. The van der Waals surface area contributed by atoms with Crippen LogP contribution in [0, 0.1) is 0 Å². The van der Waals surface area contributed by atoms with Gasteiger partial charge in [0.25, 0.3) is 5.56 Å². The van der Waals surface area contributed by atoms with Crippen molar-refractivity contribution >= 4 is 41.0 Å². The maximum atomic E-state index is 13.7. The first kappa shape index (κ1) is 26.1. The molecule has 39 heavy (non-hydrogen) atoms. The van der Waals surface area contributed by atoms with Gasteiger partial charge in [-0.2, -0.15) is 0 Å². The predicted molar refractivity (Wildman–Crippen MR) is 146 cm³/mol. The molecule has 0 N–H and O–H groups in total.